The third kappa shape index (κ3) is 3.09. The maximum Gasteiger partial charge on any atom is 0.226 e. The number of benzene rings is 1. The predicted octanol–water partition coefficient (Wildman–Crippen LogP) is 4.24. The molecule has 1 amide bonds. The topological polar surface area (TPSA) is 33.2 Å². The zero-order valence-electron chi connectivity index (χ0n) is 13.0. The fraction of sp³-hybridized carbons (Fsp3) is 0.389. The van der Waals surface area contributed by atoms with Gasteiger partial charge >= 0.3 is 0 Å². The monoisotopic (exact) mass is 315 g/mol. The summed E-state index contributed by atoms with van der Waals surface area (Å²) in [5.74, 6) is 1.76. The van der Waals surface area contributed by atoms with Crippen LogP contribution in [0.1, 0.15) is 32.3 Å². The van der Waals surface area contributed by atoms with Crippen LogP contribution in [0.15, 0.2) is 30.5 Å². The third-order valence-electron chi connectivity index (χ3n) is 4.22. The number of hydrogen-bond donors (Lipinski definition) is 0. The Balaban J connectivity index is 1.76. The molecule has 0 bridgehead atoms. The van der Waals surface area contributed by atoms with Crippen LogP contribution in [-0.4, -0.2) is 22.3 Å². The molecule has 1 aliphatic rings. The van der Waals surface area contributed by atoms with Crippen molar-refractivity contribution in [3.05, 3.63) is 47.1 Å². The largest absolute Gasteiger partial charge is 0.338 e. The number of aromatic nitrogens is 1. The Morgan fingerprint density at radius 3 is 2.95 bits per heavy atom. The number of nitrogens with zero attached hydrogens (tertiary/aromatic N) is 2. The molecule has 1 radical (unpaired) electrons. The van der Waals surface area contributed by atoms with Gasteiger partial charge in [-0.3, -0.25) is 4.79 Å². The number of hydrogen-bond acceptors (Lipinski definition) is 2. The molecule has 1 aromatic heterocycles. The molecule has 0 spiro atoms. The molecule has 22 heavy (non-hydrogen) atoms. The second kappa shape index (κ2) is 6.25. The van der Waals surface area contributed by atoms with E-state index in [4.69, 9.17) is 11.6 Å². The van der Waals surface area contributed by atoms with Gasteiger partial charge in [-0.2, -0.15) is 0 Å². The summed E-state index contributed by atoms with van der Waals surface area (Å²) in [5.41, 5.74) is 1.11. The molecule has 4 heteroatoms. The SMILES string of the molecule is C[C](C)C[C@H]1CCN(Cc2ccc3ccnc(Cl)c3c2)C1=O. The lowest BCUT2D eigenvalue weighted by atomic mass is 9.96. The lowest BCUT2D eigenvalue weighted by Gasteiger charge is -2.18. The zero-order chi connectivity index (χ0) is 15.7. The summed E-state index contributed by atoms with van der Waals surface area (Å²) < 4.78 is 0. The van der Waals surface area contributed by atoms with Crippen LogP contribution in [0.5, 0.6) is 0 Å². The van der Waals surface area contributed by atoms with Crippen molar-refractivity contribution in [3.8, 4) is 0 Å². The van der Waals surface area contributed by atoms with Crippen molar-refractivity contribution in [2.75, 3.05) is 6.54 Å². The highest BCUT2D eigenvalue weighted by atomic mass is 35.5. The van der Waals surface area contributed by atoms with E-state index in [1.807, 2.05) is 23.1 Å². The Kier molecular flexibility index (Phi) is 4.34. The Bertz CT molecular complexity index is 699. The van der Waals surface area contributed by atoms with E-state index in [1.165, 1.54) is 5.92 Å². The van der Waals surface area contributed by atoms with Gasteiger partial charge in [-0.05, 0) is 41.8 Å². The first-order chi connectivity index (χ1) is 10.5. The summed E-state index contributed by atoms with van der Waals surface area (Å²) in [4.78, 5) is 18.5. The minimum absolute atomic E-state index is 0.163. The second-order valence-electron chi connectivity index (χ2n) is 6.31. The van der Waals surface area contributed by atoms with Gasteiger partial charge in [-0.25, -0.2) is 4.98 Å². The minimum Gasteiger partial charge on any atom is -0.338 e. The molecule has 2 heterocycles. The van der Waals surface area contributed by atoms with Crippen molar-refractivity contribution in [1.82, 2.24) is 9.88 Å². The first-order valence-corrected chi connectivity index (χ1v) is 8.03. The highest BCUT2D eigenvalue weighted by Crippen LogP contribution is 2.28. The summed E-state index contributed by atoms with van der Waals surface area (Å²) >= 11 is 6.16. The van der Waals surface area contributed by atoms with E-state index in [9.17, 15) is 4.79 Å². The average molecular weight is 316 g/mol. The molecule has 0 unspecified atom stereocenters. The van der Waals surface area contributed by atoms with Crippen LogP contribution in [0.2, 0.25) is 5.15 Å². The maximum absolute atomic E-state index is 12.5. The highest BCUT2D eigenvalue weighted by Gasteiger charge is 2.31. The van der Waals surface area contributed by atoms with Crippen LogP contribution in [0.4, 0.5) is 0 Å². The van der Waals surface area contributed by atoms with Crippen LogP contribution in [0, 0.1) is 11.8 Å². The van der Waals surface area contributed by atoms with Gasteiger partial charge in [0, 0.05) is 30.6 Å². The first-order valence-electron chi connectivity index (χ1n) is 7.65. The summed E-state index contributed by atoms with van der Waals surface area (Å²) in [6, 6.07) is 8.10. The van der Waals surface area contributed by atoms with Gasteiger partial charge in [0.15, 0.2) is 0 Å². The number of likely N-dealkylation sites (tertiary alicyclic amines) is 1. The van der Waals surface area contributed by atoms with Crippen LogP contribution in [0.25, 0.3) is 10.8 Å². The van der Waals surface area contributed by atoms with Gasteiger partial charge in [0.25, 0.3) is 0 Å². The molecule has 0 aliphatic carbocycles. The van der Waals surface area contributed by atoms with Crippen LogP contribution >= 0.6 is 11.6 Å². The summed E-state index contributed by atoms with van der Waals surface area (Å²) in [7, 11) is 0. The number of pyridine rings is 1. The lowest BCUT2D eigenvalue weighted by Crippen LogP contribution is -2.27. The van der Waals surface area contributed by atoms with E-state index < -0.39 is 0 Å². The first kappa shape index (κ1) is 15.3. The second-order valence-corrected chi connectivity index (χ2v) is 6.67. The summed E-state index contributed by atoms with van der Waals surface area (Å²) in [6.45, 7) is 5.68. The van der Waals surface area contributed by atoms with E-state index >= 15 is 0 Å². The third-order valence-corrected chi connectivity index (χ3v) is 4.52. The van der Waals surface area contributed by atoms with E-state index in [1.54, 1.807) is 6.20 Å². The molecule has 3 nitrogen and oxygen atoms in total. The average Bonchev–Trinajstić information content (AvgIpc) is 2.81. The number of fused-ring (bicyclic) bond motifs is 1. The fourth-order valence-corrected chi connectivity index (χ4v) is 3.36. The van der Waals surface area contributed by atoms with Crippen molar-refractivity contribution in [2.24, 2.45) is 5.92 Å². The van der Waals surface area contributed by atoms with E-state index in [0.717, 1.165) is 35.7 Å². The van der Waals surface area contributed by atoms with Crippen LogP contribution in [-0.2, 0) is 11.3 Å². The van der Waals surface area contributed by atoms with E-state index in [0.29, 0.717) is 11.7 Å². The smallest absolute Gasteiger partial charge is 0.226 e. The van der Waals surface area contributed by atoms with Crippen LogP contribution in [0.3, 0.4) is 0 Å². The molecule has 1 atom stereocenters. The van der Waals surface area contributed by atoms with Crippen molar-refractivity contribution >= 4 is 28.3 Å². The van der Waals surface area contributed by atoms with Crippen molar-refractivity contribution < 1.29 is 4.79 Å². The van der Waals surface area contributed by atoms with Crippen molar-refractivity contribution in [3.63, 3.8) is 0 Å². The molecule has 3 rings (SSSR count). The molecule has 0 N–H and O–H groups in total. The highest BCUT2D eigenvalue weighted by molar-refractivity contribution is 6.34. The van der Waals surface area contributed by atoms with Gasteiger partial charge in [-0.15, -0.1) is 0 Å². The number of carbonyl (C=O) groups excluding carboxylic acids is 1. The Hall–Kier alpha value is -1.61. The van der Waals surface area contributed by atoms with Gasteiger partial charge in [-0.1, -0.05) is 37.6 Å². The number of halogens is 1. The van der Waals surface area contributed by atoms with E-state index in [2.05, 4.69) is 24.9 Å². The minimum atomic E-state index is 0.163. The Labute approximate surface area is 136 Å². The fourth-order valence-electron chi connectivity index (χ4n) is 3.14. The normalized spacial score (nSPS) is 18.6. The summed E-state index contributed by atoms with van der Waals surface area (Å²) in [6.07, 6.45) is 3.57. The number of amides is 1. The molecular weight excluding hydrogens is 296 g/mol. The molecule has 115 valence electrons. The molecule has 2 aromatic rings. The molecule has 1 saturated heterocycles. The van der Waals surface area contributed by atoms with Crippen molar-refractivity contribution in [2.45, 2.75) is 33.2 Å². The van der Waals surface area contributed by atoms with Gasteiger partial charge < -0.3 is 4.90 Å². The van der Waals surface area contributed by atoms with Gasteiger partial charge in [0.05, 0.1) is 0 Å². The Morgan fingerprint density at radius 1 is 1.36 bits per heavy atom. The van der Waals surface area contributed by atoms with Gasteiger partial charge in [0.1, 0.15) is 5.15 Å². The lowest BCUT2D eigenvalue weighted by molar-refractivity contribution is -0.131. The van der Waals surface area contributed by atoms with E-state index in [-0.39, 0.29) is 11.8 Å². The zero-order valence-corrected chi connectivity index (χ0v) is 13.7. The molecular formula is C18H20ClN2O. The Morgan fingerprint density at radius 2 is 2.18 bits per heavy atom. The number of carbonyl (C=O) groups is 1. The molecule has 1 aliphatic heterocycles. The molecule has 1 fully saturated rings. The standard InChI is InChI=1S/C18H20ClN2O/c1-12(2)9-15-6-8-21(18(15)22)11-13-3-4-14-5-7-20-17(19)16(14)10-13/h3-5,7,10,15H,6,8-9,11H2,1-2H3/t15-/m1/s1. The van der Waals surface area contributed by atoms with Gasteiger partial charge in [0.2, 0.25) is 5.91 Å². The molecule has 0 saturated carbocycles. The van der Waals surface area contributed by atoms with Crippen LogP contribution < -0.4 is 0 Å². The number of rotatable bonds is 4. The van der Waals surface area contributed by atoms with Crippen molar-refractivity contribution in [1.29, 1.82) is 0 Å². The summed E-state index contributed by atoms with van der Waals surface area (Å²) in [5, 5.41) is 2.54. The molecule has 1 aromatic carbocycles. The quantitative estimate of drug-likeness (QED) is 0.791. The predicted molar refractivity (Wildman–Crippen MR) is 89.5 cm³/mol. The maximum atomic E-state index is 12.5.